The SMILES string of the molecule is C[C@@H]1CN(Cc2cc(Cl)cc3c2OCC3)C[C@@H](C(N)=O)O1. The third kappa shape index (κ3) is 3.15. The van der Waals surface area contributed by atoms with Crippen molar-refractivity contribution in [1.82, 2.24) is 4.90 Å². The maximum atomic E-state index is 11.4. The molecule has 2 atom stereocenters. The van der Waals surface area contributed by atoms with E-state index >= 15 is 0 Å². The second kappa shape index (κ2) is 5.83. The summed E-state index contributed by atoms with van der Waals surface area (Å²) in [7, 11) is 0. The van der Waals surface area contributed by atoms with Crippen LogP contribution in [0, 0.1) is 0 Å². The fraction of sp³-hybridized carbons (Fsp3) is 0.533. The standard InChI is InChI=1S/C15H19ClN2O3/c1-9-6-18(8-13(21-9)15(17)19)7-11-5-12(16)4-10-2-3-20-14(10)11/h4-5,9,13H,2-3,6-8H2,1H3,(H2,17,19)/t9-,13+/m1/s1. The van der Waals surface area contributed by atoms with Crippen molar-refractivity contribution < 1.29 is 14.3 Å². The van der Waals surface area contributed by atoms with Gasteiger partial charge >= 0.3 is 0 Å². The van der Waals surface area contributed by atoms with Gasteiger partial charge in [0, 0.05) is 36.6 Å². The minimum Gasteiger partial charge on any atom is -0.493 e. The lowest BCUT2D eigenvalue weighted by Crippen LogP contribution is -2.51. The molecule has 1 aromatic rings. The zero-order valence-corrected chi connectivity index (χ0v) is 12.7. The Bertz CT molecular complexity index is 564. The summed E-state index contributed by atoms with van der Waals surface area (Å²) in [5, 5.41) is 0.724. The van der Waals surface area contributed by atoms with Gasteiger partial charge in [0.15, 0.2) is 0 Å². The van der Waals surface area contributed by atoms with Crippen LogP contribution in [0.1, 0.15) is 18.1 Å². The number of primary amides is 1. The summed E-state index contributed by atoms with van der Waals surface area (Å²) in [6, 6.07) is 3.90. The Labute approximate surface area is 128 Å². The van der Waals surface area contributed by atoms with E-state index in [9.17, 15) is 4.79 Å². The van der Waals surface area contributed by atoms with Crippen LogP contribution < -0.4 is 10.5 Å². The van der Waals surface area contributed by atoms with E-state index in [-0.39, 0.29) is 6.10 Å². The molecular weight excluding hydrogens is 292 g/mol. The van der Waals surface area contributed by atoms with Crippen molar-refractivity contribution in [2.75, 3.05) is 19.7 Å². The van der Waals surface area contributed by atoms with E-state index in [4.69, 9.17) is 26.8 Å². The zero-order valence-electron chi connectivity index (χ0n) is 12.0. The second-order valence-corrected chi connectivity index (χ2v) is 6.12. The number of carbonyl (C=O) groups is 1. The summed E-state index contributed by atoms with van der Waals surface area (Å²) in [5.74, 6) is 0.522. The Kier molecular flexibility index (Phi) is 4.06. The van der Waals surface area contributed by atoms with Gasteiger partial charge in [-0.1, -0.05) is 11.6 Å². The molecule has 1 aromatic carbocycles. The van der Waals surface area contributed by atoms with Crippen LogP contribution in [0.25, 0.3) is 0 Å². The minimum absolute atomic E-state index is 0.0237. The summed E-state index contributed by atoms with van der Waals surface area (Å²) in [6.45, 7) is 4.58. The highest BCUT2D eigenvalue weighted by atomic mass is 35.5. The van der Waals surface area contributed by atoms with E-state index in [0.717, 1.165) is 34.9 Å². The molecular formula is C15H19ClN2O3. The number of rotatable bonds is 3. The Morgan fingerprint density at radius 2 is 2.29 bits per heavy atom. The fourth-order valence-corrected chi connectivity index (χ4v) is 3.29. The van der Waals surface area contributed by atoms with Gasteiger partial charge in [-0.3, -0.25) is 9.69 Å². The number of halogens is 1. The number of benzene rings is 1. The van der Waals surface area contributed by atoms with Gasteiger partial charge in [-0.05, 0) is 24.6 Å². The molecule has 6 heteroatoms. The molecule has 0 spiro atoms. The molecule has 0 radical (unpaired) electrons. The van der Waals surface area contributed by atoms with Gasteiger partial charge in [-0.15, -0.1) is 0 Å². The Hall–Kier alpha value is -1.30. The molecule has 0 unspecified atom stereocenters. The predicted octanol–water partition coefficient (Wildman–Crippen LogP) is 1.35. The molecule has 0 saturated carbocycles. The molecule has 3 rings (SSSR count). The molecule has 2 aliphatic rings. The minimum atomic E-state index is -0.554. The van der Waals surface area contributed by atoms with E-state index in [1.165, 1.54) is 0 Å². The molecule has 0 aliphatic carbocycles. The van der Waals surface area contributed by atoms with Gasteiger partial charge in [-0.25, -0.2) is 0 Å². The summed E-state index contributed by atoms with van der Waals surface area (Å²) < 4.78 is 11.3. The van der Waals surface area contributed by atoms with E-state index in [2.05, 4.69) is 4.90 Å². The molecule has 0 aromatic heterocycles. The van der Waals surface area contributed by atoms with Crippen LogP contribution in [0.3, 0.4) is 0 Å². The topological polar surface area (TPSA) is 64.8 Å². The lowest BCUT2D eigenvalue weighted by molar-refractivity contribution is -0.142. The average molecular weight is 311 g/mol. The highest BCUT2D eigenvalue weighted by Gasteiger charge is 2.30. The van der Waals surface area contributed by atoms with Crippen molar-refractivity contribution in [3.8, 4) is 5.75 Å². The van der Waals surface area contributed by atoms with Crippen LogP contribution in [-0.4, -0.2) is 42.7 Å². The first kappa shape index (κ1) is 14.6. The monoisotopic (exact) mass is 310 g/mol. The lowest BCUT2D eigenvalue weighted by atomic mass is 10.1. The third-order valence-electron chi connectivity index (χ3n) is 3.87. The third-order valence-corrected chi connectivity index (χ3v) is 4.09. The molecule has 21 heavy (non-hydrogen) atoms. The highest BCUT2D eigenvalue weighted by molar-refractivity contribution is 6.30. The second-order valence-electron chi connectivity index (χ2n) is 5.68. The van der Waals surface area contributed by atoms with Crippen molar-refractivity contribution in [2.45, 2.75) is 32.1 Å². The van der Waals surface area contributed by atoms with Crippen molar-refractivity contribution in [2.24, 2.45) is 5.73 Å². The quantitative estimate of drug-likeness (QED) is 0.915. The van der Waals surface area contributed by atoms with Crippen molar-refractivity contribution >= 4 is 17.5 Å². The Morgan fingerprint density at radius 1 is 1.48 bits per heavy atom. The number of ether oxygens (including phenoxy) is 2. The number of nitrogens with two attached hydrogens (primary N) is 1. The molecule has 114 valence electrons. The first-order chi connectivity index (χ1) is 10.0. The van der Waals surface area contributed by atoms with E-state index in [1.807, 2.05) is 19.1 Å². The number of hydrogen-bond acceptors (Lipinski definition) is 4. The van der Waals surface area contributed by atoms with Crippen LogP contribution in [0.15, 0.2) is 12.1 Å². The first-order valence-corrected chi connectivity index (χ1v) is 7.52. The predicted molar refractivity (Wildman–Crippen MR) is 79.5 cm³/mol. The average Bonchev–Trinajstić information content (AvgIpc) is 2.86. The van der Waals surface area contributed by atoms with Gasteiger partial charge < -0.3 is 15.2 Å². The van der Waals surface area contributed by atoms with Crippen LogP contribution in [-0.2, 0) is 22.5 Å². The van der Waals surface area contributed by atoms with Crippen molar-refractivity contribution in [1.29, 1.82) is 0 Å². The number of hydrogen-bond donors (Lipinski definition) is 1. The maximum Gasteiger partial charge on any atom is 0.247 e. The fourth-order valence-electron chi connectivity index (χ4n) is 3.03. The number of amides is 1. The number of carbonyl (C=O) groups excluding carboxylic acids is 1. The number of morpholine rings is 1. The van der Waals surface area contributed by atoms with Gasteiger partial charge in [-0.2, -0.15) is 0 Å². The first-order valence-electron chi connectivity index (χ1n) is 7.14. The molecule has 5 nitrogen and oxygen atoms in total. The van der Waals surface area contributed by atoms with Gasteiger partial charge in [0.1, 0.15) is 11.9 Å². The highest BCUT2D eigenvalue weighted by Crippen LogP contribution is 2.34. The van der Waals surface area contributed by atoms with Crippen LogP contribution >= 0.6 is 11.6 Å². The molecule has 1 amide bonds. The molecule has 2 heterocycles. The van der Waals surface area contributed by atoms with Crippen LogP contribution in [0.4, 0.5) is 0 Å². The molecule has 1 fully saturated rings. The molecule has 0 bridgehead atoms. The lowest BCUT2D eigenvalue weighted by Gasteiger charge is -2.35. The number of fused-ring (bicyclic) bond motifs is 1. The van der Waals surface area contributed by atoms with Crippen molar-refractivity contribution in [3.05, 3.63) is 28.3 Å². The Morgan fingerprint density at radius 3 is 3.05 bits per heavy atom. The molecule has 2 N–H and O–H groups in total. The summed E-state index contributed by atoms with van der Waals surface area (Å²) in [4.78, 5) is 13.5. The largest absolute Gasteiger partial charge is 0.493 e. The summed E-state index contributed by atoms with van der Waals surface area (Å²) in [6.07, 6.45) is 0.318. The Balaban J connectivity index is 1.79. The van der Waals surface area contributed by atoms with Crippen molar-refractivity contribution in [3.63, 3.8) is 0 Å². The van der Waals surface area contributed by atoms with E-state index in [0.29, 0.717) is 19.7 Å². The zero-order chi connectivity index (χ0) is 15.0. The molecule has 2 aliphatic heterocycles. The summed E-state index contributed by atoms with van der Waals surface area (Å²) in [5.41, 5.74) is 7.58. The number of nitrogens with zero attached hydrogens (tertiary/aromatic N) is 1. The van der Waals surface area contributed by atoms with Crippen LogP contribution in [0.2, 0.25) is 5.02 Å². The molecule has 1 saturated heterocycles. The smallest absolute Gasteiger partial charge is 0.247 e. The maximum absolute atomic E-state index is 11.4. The summed E-state index contributed by atoms with van der Waals surface area (Å²) >= 11 is 6.18. The van der Waals surface area contributed by atoms with E-state index < -0.39 is 12.0 Å². The van der Waals surface area contributed by atoms with Gasteiger partial charge in [0.2, 0.25) is 5.91 Å². The van der Waals surface area contributed by atoms with Gasteiger partial charge in [0.05, 0.1) is 12.7 Å². The van der Waals surface area contributed by atoms with Gasteiger partial charge in [0.25, 0.3) is 0 Å². The normalized spacial score (nSPS) is 25.4. The van der Waals surface area contributed by atoms with Crippen LogP contribution in [0.5, 0.6) is 5.75 Å². The van der Waals surface area contributed by atoms with E-state index in [1.54, 1.807) is 0 Å².